The van der Waals surface area contributed by atoms with Crippen molar-refractivity contribution in [1.29, 1.82) is 0 Å². The Morgan fingerprint density at radius 3 is 2.95 bits per heavy atom. The van der Waals surface area contributed by atoms with Gasteiger partial charge < -0.3 is 9.84 Å². The van der Waals surface area contributed by atoms with E-state index in [-0.39, 0.29) is 6.61 Å². The van der Waals surface area contributed by atoms with Crippen LogP contribution in [-0.4, -0.2) is 35.8 Å². The first-order chi connectivity index (χ1) is 9.35. The normalized spacial score (nSPS) is 20.4. The van der Waals surface area contributed by atoms with Crippen LogP contribution in [0.3, 0.4) is 0 Å². The van der Waals surface area contributed by atoms with E-state index >= 15 is 0 Å². The Morgan fingerprint density at radius 1 is 1.32 bits per heavy atom. The molecule has 0 spiro atoms. The SMILES string of the molecule is CCOc1ccccc1CN1CCCCC1CCO. The summed E-state index contributed by atoms with van der Waals surface area (Å²) in [5.41, 5.74) is 1.26. The highest BCUT2D eigenvalue weighted by molar-refractivity contribution is 5.33. The molecule has 1 N–H and O–H groups in total. The van der Waals surface area contributed by atoms with Gasteiger partial charge in [-0.3, -0.25) is 4.90 Å². The van der Waals surface area contributed by atoms with E-state index in [0.29, 0.717) is 12.6 Å². The molecule has 3 nitrogen and oxygen atoms in total. The number of rotatable bonds is 6. The predicted molar refractivity (Wildman–Crippen MR) is 77.4 cm³/mol. The van der Waals surface area contributed by atoms with Gasteiger partial charge >= 0.3 is 0 Å². The number of nitrogens with zero attached hydrogens (tertiary/aromatic N) is 1. The number of benzene rings is 1. The van der Waals surface area contributed by atoms with Gasteiger partial charge in [-0.1, -0.05) is 24.6 Å². The van der Waals surface area contributed by atoms with Crippen LogP contribution in [0.1, 0.15) is 38.2 Å². The second-order valence-electron chi connectivity index (χ2n) is 5.17. The van der Waals surface area contributed by atoms with Crippen molar-refractivity contribution in [2.24, 2.45) is 0 Å². The molecule has 1 saturated heterocycles. The Kier molecular flexibility index (Phi) is 5.67. The predicted octanol–water partition coefficient (Wildman–Crippen LogP) is 2.82. The summed E-state index contributed by atoms with van der Waals surface area (Å²) >= 11 is 0. The van der Waals surface area contributed by atoms with Gasteiger partial charge in [-0.15, -0.1) is 0 Å². The van der Waals surface area contributed by atoms with Gasteiger partial charge in [0.15, 0.2) is 0 Å². The van der Waals surface area contributed by atoms with Crippen LogP contribution in [0.2, 0.25) is 0 Å². The maximum Gasteiger partial charge on any atom is 0.123 e. The molecule has 2 rings (SSSR count). The van der Waals surface area contributed by atoms with Gasteiger partial charge in [-0.25, -0.2) is 0 Å². The Bertz CT molecular complexity index is 379. The molecule has 19 heavy (non-hydrogen) atoms. The number of likely N-dealkylation sites (tertiary alicyclic amines) is 1. The fourth-order valence-corrected chi connectivity index (χ4v) is 2.89. The molecule has 3 heteroatoms. The average Bonchev–Trinajstić information content (AvgIpc) is 2.44. The highest BCUT2D eigenvalue weighted by Gasteiger charge is 2.22. The summed E-state index contributed by atoms with van der Waals surface area (Å²) in [7, 11) is 0. The number of hydrogen-bond acceptors (Lipinski definition) is 3. The zero-order valence-electron chi connectivity index (χ0n) is 11.8. The third kappa shape index (κ3) is 3.95. The minimum absolute atomic E-state index is 0.286. The summed E-state index contributed by atoms with van der Waals surface area (Å²) in [4.78, 5) is 2.50. The van der Waals surface area contributed by atoms with Gasteiger partial charge in [0.25, 0.3) is 0 Å². The summed E-state index contributed by atoms with van der Waals surface area (Å²) in [5.74, 6) is 0.998. The second-order valence-corrected chi connectivity index (χ2v) is 5.17. The van der Waals surface area contributed by atoms with E-state index in [4.69, 9.17) is 4.74 Å². The third-order valence-electron chi connectivity index (χ3n) is 3.86. The molecule has 1 aliphatic rings. The lowest BCUT2D eigenvalue weighted by atomic mass is 9.98. The lowest BCUT2D eigenvalue weighted by Gasteiger charge is -2.35. The number of para-hydroxylation sites is 1. The topological polar surface area (TPSA) is 32.7 Å². The molecule has 0 saturated carbocycles. The van der Waals surface area contributed by atoms with E-state index < -0.39 is 0 Å². The van der Waals surface area contributed by atoms with Crippen molar-refractivity contribution < 1.29 is 9.84 Å². The molecule has 1 fully saturated rings. The van der Waals surface area contributed by atoms with Crippen molar-refractivity contribution in [1.82, 2.24) is 4.90 Å². The van der Waals surface area contributed by atoms with E-state index in [1.807, 2.05) is 19.1 Å². The standard InChI is InChI=1S/C16H25NO2/c1-2-19-16-9-4-3-7-14(16)13-17-11-6-5-8-15(17)10-12-18/h3-4,7,9,15,18H,2,5-6,8,10-13H2,1H3. The van der Waals surface area contributed by atoms with Crippen LogP contribution in [0.4, 0.5) is 0 Å². The Hall–Kier alpha value is -1.06. The largest absolute Gasteiger partial charge is 0.494 e. The van der Waals surface area contributed by atoms with Crippen LogP contribution in [0.15, 0.2) is 24.3 Å². The molecule has 1 aromatic rings. The quantitative estimate of drug-likeness (QED) is 0.856. The van der Waals surface area contributed by atoms with Crippen molar-refractivity contribution in [3.8, 4) is 5.75 Å². The van der Waals surface area contributed by atoms with Gasteiger partial charge in [-0.2, -0.15) is 0 Å². The molecular weight excluding hydrogens is 238 g/mol. The molecule has 0 amide bonds. The minimum Gasteiger partial charge on any atom is -0.494 e. The molecule has 0 aromatic heterocycles. The zero-order chi connectivity index (χ0) is 13.5. The van der Waals surface area contributed by atoms with Crippen molar-refractivity contribution in [2.75, 3.05) is 19.8 Å². The smallest absolute Gasteiger partial charge is 0.123 e. The molecular formula is C16H25NO2. The molecule has 106 valence electrons. The molecule has 1 atom stereocenters. The van der Waals surface area contributed by atoms with E-state index in [1.165, 1.54) is 24.8 Å². The number of ether oxygens (including phenoxy) is 1. The van der Waals surface area contributed by atoms with Crippen molar-refractivity contribution in [3.05, 3.63) is 29.8 Å². The first-order valence-corrected chi connectivity index (χ1v) is 7.40. The van der Waals surface area contributed by atoms with Crippen LogP contribution in [-0.2, 0) is 6.54 Å². The minimum atomic E-state index is 0.286. The van der Waals surface area contributed by atoms with E-state index in [2.05, 4.69) is 17.0 Å². The Balaban J connectivity index is 2.05. The summed E-state index contributed by atoms with van der Waals surface area (Å²) < 4.78 is 5.70. The number of aliphatic hydroxyl groups is 1. The monoisotopic (exact) mass is 263 g/mol. The summed E-state index contributed by atoms with van der Waals surface area (Å²) in [6.45, 7) is 5.07. The lowest BCUT2D eigenvalue weighted by molar-refractivity contribution is 0.111. The van der Waals surface area contributed by atoms with Crippen molar-refractivity contribution >= 4 is 0 Å². The third-order valence-corrected chi connectivity index (χ3v) is 3.86. The average molecular weight is 263 g/mol. The van der Waals surface area contributed by atoms with Gasteiger partial charge in [-0.05, 0) is 38.8 Å². The molecule has 1 unspecified atom stereocenters. The Labute approximate surface area is 116 Å². The summed E-state index contributed by atoms with van der Waals surface area (Å²) in [6.07, 6.45) is 4.64. The van der Waals surface area contributed by atoms with E-state index in [0.717, 1.165) is 25.3 Å². The van der Waals surface area contributed by atoms with Gasteiger partial charge in [0.05, 0.1) is 6.61 Å². The fraction of sp³-hybridized carbons (Fsp3) is 0.625. The van der Waals surface area contributed by atoms with Gasteiger partial charge in [0.1, 0.15) is 5.75 Å². The first-order valence-electron chi connectivity index (χ1n) is 7.40. The maximum absolute atomic E-state index is 9.19. The fourth-order valence-electron chi connectivity index (χ4n) is 2.89. The van der Waals surface area contributed by atoms with Crippen molar-refractivity contribution in [3.63, 3.8) is 0 Å². The molecule has 1 aliphatic heterocycles. The van der Waals surface area contributed by atoms with Crippen LogP contribution in [0.5, 0.6) is 5.75 Å². The molecule has 0 radical (unpaired) electrons. The van der Waals surface area contributed by atoms with Crippen LogP contribution < -0.4 is 4.74 Å². The van der Waals surface area contributed by atoms with E-state index in [1.54, 1.807) is 0 Å². The number of hydrogen-bond donors (Lipinski definition) is 1. The summed E-state index contributed by atoms with van der Waals surface area (Å²) in [6, 6.07) is 8.81. The molecule has 1 heterocycles. The van der Waals surface area contributed by atoms with E-state index in [9.17, 15) is 5.11 Å². The second kappa shape index (κ2) is 7.51. The highest BCUT2D eigenvalue weighted by Crippen LogP contribution is 2.25. The number of aliphatic hydroxyl groups excluding tert-OH is 1. The Morgan fingerprint density at radius 2 is 2.16 bits per heavy atom. The van der Waals surface area contributed by atoms with Gasteiger partial charge in [0.2, 0.25) is 0 Å². The van der Waals surface area contributed by atoms with Crippen LogP contribution in [0, 0.1) is 0 Å². The summed E-state index contributed by atoms with van der Waals surface area (Å²) in [5, 5.41) is 9.19. The molecule has 1 aromatic carbocycles. The van der Waals surface area contributed by atoms with Crippen LogP contribution >= 0.6 is 0 Å². The maximum atomic E-state index is 9.19. The van der Waals surface area contributed by atoms with Crippen molar-refractivity contribution in [2.45, 2.75) is 45.2 Å². The highest BCUT2D eigenvalue weighted by atomic mass is 16.5. The number of piperidine rings is 1. The zero-order valence-corrected chi connectivity index (χ0v) is 11.8. The van der Waals surface area contributed by atoms with Gasteiger partial charge in [0, 0.05) is 24.8 Å². The first kappa shape index (κ1) is 14.4. The molecule has 0 aliphatic carbocycles. The lowest BCUT2D eigenvalue weighted by Crippen LogP contribution is -2.39. The molecule has 0 bridgehead atoms. The van der Waals surface area contributed by atoms with Crippen LogP contribution in [0.25, 0.3) is 0 Å².